The van der Waals surface area contributed by atoms with Crippen molar-refractivity contribution in [3.8, 4) is 0 Å². The summed E-state index contributed by atoms with van der Waals surface area (Å²) in [6.45, 7) is -0.454. The number of nitrogens with zero attached hydrogens (tertiary/aromatic N) is 1. The van der Waals surface area contributed by atoms with Gasteiger partial charge in [-0.05, 0) is 6.42 Å². The summed E-state index contributed by atoms with van der Waals surface area (Å²) in [5, 5.41) is 0. The van der Waals surface area contributed by atoms with Crippen LogP contribution in [-0.4, -0.2) is 42.3 Å². The Bertz CT molecular complexity index is 285. The first-order valence-electron chi connectivity index (χ1n) is 4.71. The van der Waals surface area contributed by atoms with Crippen molar-refractivity contribution in [3.05, 3.63) is 0 Å². The van der Waals surface area contributed by atoms with E-state index in [0.29, 0.717) is 4.90 Å². The molecule has 0 spiro atoms. The molecule has 1 saturated heterocycles. The van der Waals surface area contributed by atoms with Crippen LogP contribution in [-0.2, 0) is 4.79 Å². The van der Waals surface area contributed by atoms with Gasteiger partial charge in [0.2, 0.25) is 11.8 Å². The third kappa shape index (κ3) is 3.24. The number of amides is 1. The molecule has 0 bridgehead atoms. The normalized spacial score (nSPS) is 22.4. The lowest BCUT2D eigenvalue weighted by Gasteiger charge is -2.26. The van der Waals surface area contributed by atoms with Gasteiger partial charge in [-0.2, -0.15) is 26.3 Å². The third-order valence-electron chi connectivity index (χ3n) is 2.44. The fourth-order valence-corrected chi connectivity index (χ4v) is 1.64. The van der Waals surface area contributed by atoms with Gasteiger partial charge in [-0.25, -0.2) is 0 Å². The lowest BCUT2D eigenvalue weighted by molar-refractivity contribution is -0.277. The molecule has 1 aliphatic heterocycles. The van der Waals surface area contributed by atoms with Crippen molar-refractivity contribution in [2.45, 2.75) is 24.8 Å². The third-order valence-corrected chi connectivity index (χ3v) is 2.44. The molecular weight excluding hydrogens is 254 g/mol. The molecule has 1 atom stereocenters. The Morgan fingerprint density at radius 3 is 1.94 bits per heavy atom. The van der Waals surface area contributed by atoms with Gasteiger partial charge in [0.05, 0.1) is 0 Å². The van der Waals surface area contributed by atoms with E-state index in [0.717, 1.165) is 0 Å². The van der Waals surface area contributed by atoms with Crippen LogP contribution in [0.15, 0.2) is 0 Å². The van der Waals surface area contributed by atoms with Crippen molar-refractivity contribution in [2.24, 2.45) is 11.7 Å². The maximum atomic E-state index is 12.2. The van der Waals surface area contributed by atoms with Crippen molar-refractivity contribution in [2.75, 3.05) is 13.1 Å². The monoisotopic (exact) mass is 264 g/mol. The quantitative estimate of drug-likeness (QED) is 0.725. The van der Waals surface area contributed by atoms with Gasteiger partial charge in [-0.15, -0.1) is 0 Å². The number of carbonyl (C=O) groups excluding carboxylic acids is 1. The van der Waals surface area contributed by atoms with E-state index in [-0.39, 0.29) is 19.5 Å². The summed E-state index contributed by atoms with van der Waals surface area (Å²) in [4.78, 5) is 11.7. The largest absolute Gasteiger partial charge is 0.409 e. The molecule has 1 aliphatic rings. The van der Waals surface area contributed by atoms with Crippen LogP contribution in [0.5, 0.6) is 0 Å². The minimum Gasteiger partial charge on any atom is -0.340 e. The minimum absolute atomic E-state index is 0.178. The van der Waals surface area contributed by atoms with E-state index in [4.69, 9.17) is 5.73 Å². The predicted molar refractivity (Wildman–Crippen MR) is 44.8 cm³/mol. The Kier molecular flexibility index (Phi) is 3.60. The molecule has 2 N–H and O–H groups in total. The standard InChI is InChI=1S/C8H10F6N2O/c9-7(10,11)5(8(12,13)14)6(17)16-2-1-4(15)3-16/h4-5H,1-3,15H2/t4-/m0/s1. The van der Waals surface area contributed by atoms with E-state index >= 15 is 0 Å². The summed E-state index contributed by atoms with van der Waals surface area (Å²) < 4.78 is 73.3. The van der Waals surface area contributed by atoms with Crippen molar-refractivity contribution in [3.63, 3.8) is 0 Å². The molecule has 100 valence electrons. The highest BCUT2D eigenvalue weighted by Crippen LogP contribution is 2.40. The maximum absolute atomic E-state index is 12.2. The first-order valence-corrected chi connectivity index (χ1v) is 4.71. The maximum Gasteiger partial charge on any atom is 0.409 e. The summed E-state index contributed by atoms with van der Waals surface area (Å²) >= 11 is 0. The van der Waals surface area contributed by atoms with Crippen molar-refractivity contribution in [1.82, 2.24) is 4.90 Å². The van der Waals surface area contributed by atoms with Gasteiger partial charge in [0, 0.05) is 19.1 Å². The number of nitrogens with two attached hydrogens (primary N) is 1. The van der Waals surface area contributed by atoms with Gasteiger partial charge in [0.25, 0.3) is 0 Å². The second-order valence-corrected chi connectivity index (χ2v) is 3.85. The summed E-state index contributed by atoms with van der Waals surface area (Å²) in [6, 6.07) is -0.568. The molecule has 0 aromatic heterocycles. The van der Waals surface area contributed by atoms with Crippen LogP contribution in [0.1, 0.15) is 6.42 Å². The molecule has 0 aliphatic carbocycles. The molecule has 1 amide bonds. The molecule has 1 rings (SSSR count). The Labute approximate surface area is 92.5 Å². The summed E-state index contributed by atoms with van der Waals surface area (Å²) in [5.74, 6) is -5.93. The van der Waals surface area contributed by atoms with E-state index in [9.17, 15) is 31.1 Å². The van der Waals surface area contributed by atoms with Crippen molar-refractivity contribution < 1.29 is 31.1 Å². The van der Waals surface area contributed by atoms with Crippen LogP contribution in [0.25, 0.3) is 0 Å². The zero-order valence-electron chi connectivity index (χ0n) is 8.48. The fraction of sp³-hybridized carbons (Fsp3) is 0.875. The first-order chi connectivity index (χ1) is 7.53. The lowest BCUT2D eigenvalue weighted by Crippen LogP contribution is -2.49. The first kappa shape index (κ1) is 14.1. The number of hydrogen-bond donors (Lipinski definition) is 1. The summed E-state index contributed by atoms with van der Waals surface area (Å²) in [7, 11) is 0. The molecule has 9 heteroatoms. The summed E-state index contributed by atoms with van der Waals surface area (Å²) in [6.07, 6.45) is -11.1. The average molecular weight is 264 g/mol. The molecule has 17 heavy (non-hydrogen) atoms. The Morgan fingerprint density at radius 1 is 1.18 bits per heavy atom. The van der Waals surface area contributed by atoms with Crippen molar-refractivity contribution in [1.29, 1.82) is 0 Å². The SMILES string of the molecule is N[C@H]1CCN(C(=O)C(C(F)(F)F)C(F)(F)F)C1. The molecular formula is C8H10F6N2O. The van der Waals surface area contributed by atoms with Crippen LogP contribution >= 0.6 is 0 Å². The zero-order chi connectivity index (χ0) is 13.4. The zero-order valence-corrected chi connectivity index (χ0v) is 8.48. The second kappa shape index (κ2) is 4.35. The molecule has 0 saturated carbocycles. The smallest absolute Gasteiger partial charge is 0.340 e. The average Bonchev–Trinajstić information content (AvgIpc) is 2.45. The van der Waals surface area contributed by atoms with Gasteiger partial charge in [-0.3, -0.25) is 4.79 Å². The highest BCUT2D eigenvalue weighted by molar-refractivity contribution is 5.80. The number of alkyl halides is 6. The highest BCUT2D eigenvalue weighted by Gasteiger charge is 2.62. The Balaban J connectivity index is 2.89. The second-order valence-electron chi connectivity index (χ2n) is 3.85. The molecule has 0 aromatic carbocycles. The number of hydrogen-bond acceptors (Lipinski definition) is 2. The van der Waals surface area contributed by atoms with E-state index in [1.54, 1.807) is 0 Å². The number of likely N-dealkylation sites (tertiary alicyclic amines) is 1. The predicted octanol–water partition coefficient (Wildman–Crippen LogP) is 1.29. The van der Waals surface area contributed by atoms with E-state index < -0.39 is 30.2 Å². The number of halogens is 6. The van der Waals surface area contributed by atoms with Gasteiger partial charge in [0.15, 0.2) is 0 Å². The van der Waals surface area contributed by atoms with Crippen LogP contribution in [0.4, 0.5) is 26.3 Å². The van der Waals surface area contributed by atoms with Crippen LogP contribution in [0.2, 0.25) is 0 Å². The topological polar surface area (TPSA) is 46.3 Å². The van der Waals surface area contributed by atoms with Crippen LogP contribution in [0, 0.1) is 5.92 Å². The summed E-state index contributed by atoms with van der Waals surface area (Å²) in [5.41, 5.74) is 5.32. The number of carbonyl (C=O) groups is 1. The molecule has 3 nitrogen and oxygen atoms in total. The van der Waals surface area contributed by atoms with Gasteiger partial charge in [-0.1, -0.05) is 0 Å². The van der Waals surface area contributed by atoms with Crippen LogP contribution < -0.4 is 5.73 Å². The molecule has 0 unspecified atom stereocenters. The Morgan fingerprint density at radius 2 is 1.65 bits per heavy atom. The fourth-order valence-electron chi connectivity index (χ4n) is 1.64. The highest BCUT2D eigenvalue weighted by atomic mass is 19.4. The Hall–Kier alpha value is -0.990. The van der Waals surface area contributed by atoms with Gasteiger partial charge >= 0.3 is 12.4 Å². The molecule has 0 aromatic rings. The lowest BCUT2D eigenvalue weighted by atomic mass is 10.1. The van der Waals surface area contributed by atoms with Gasteiger partial charge in [0.1, 0.15) is 0 Å². The van der Waals surface area contributed by atoms with E-state index in [2.05, 4.69) is 0 Å². The number of rotatable bonds is 1. The molecule has 1 heterocycles. The molecule has 0 radical (unpaired) electrons. The molecule has 1 fully saturated rings. The van der Waals surface area contributed by atoms with E-state index in [1.807, 2.05) is 0 Å². The van der Waals surface area contributed by atoms with Crippen molar-refractivity contribution >= 4 is 5.91 Å². The van der Waals surface area contributed by atoms with Crippen LogP contribution in [0.3, 0.4) is 0 Å². The van der Waals surface area contributed by atoms with Gasteiger partial charge < -0.3 is 10.6 Å². The minimum atomic E-state index is -5.64. The van der Waals surface area contributed by atoms with E-state index in [1.165, 1.54) is 0 Å².